The van der Waals surface area contributed by atoms with Gasteiger partial charge in [-0.25, -0.2) is 0 Å². The fraction of sp³-hybridized carbons (Fsp3) is 0.444. The van der Waals surface area contributed by atoms with Gasteiger partial charge in [-0.1, -0.05) is 19.4 Å². The van der Waals surface area contributed by atoms with Crippen LogP contribution >= 0.6 is 0 Å². The maximum absolute atomic E-state index is 13.1. The Labute approximate surface area is 87.9 Å². The van der Waals surface area contributed by atoms with Crippen LogP contribution in [0.3, 0.4) is 0 Å². The van der Waals surface area contributed by atoms with Crippen LogP contribution in [0.4, 0.5) is 4.39 Å². The SMILES string of the molecule is CCCCOc1ccc(B(O)O)c(F)n1. The van der Waals surface area contributed by atoms with E-state index < -0.39 is 13.1 Å². The molecule has 0 amide bonds. The smallest absolute Gasteiger partial charge is 0.478 e. The summed E-state index contributed by atoms with van der Waals surface area (Å²) in [5.41, 5.74) is -0.252. The monoisotopic (exact) mass is 213 g/mol. The van der Waals surface area contributed by atoms with Crippen molar-refractivity contribution in [1.29, 1.82) is 0 Å². The van der Waals surface area contributed by atoms with E-state index in [4.69, 9.17) is 14.8 Å². The predicted octanol–water partition coefficient (Wildman–Crippen LogP) is 0.0794. The average molecular weight is 213 g/mol. The standard InChI is InChI=1S/C9H13BFNO3/c1-2-3-6-15-8-5-4-7(10(13)14)9(11)12-8/h4-5,13-14H,2-3,6H2,1H3. The van der Waals surface area contributed by atoms with Gasteiger partial charge in [0.15, 0.2) is 0 Å². The molecule has 1 heterocycles. The minimum atomic E-state index is -1.85. The van der Waals surface area contributed by atoms with Gasteiger partial charge in [-0.05, 0) is 6.42 Å². The zero-order chi connectivity index (χ0) is 11.3. The molecule has 82 valence electrons. The molecule has 1 aromatic rings. The highest BCUT2D eigenvalue weighted by molar-refractivity contribution is 6.58. The van der Waals surface area contributed by atoms with Crippen LogP contribution in [0.15, 0.2) is 12.1 Å². The lowest BCUT2D eigenvalue weighted by Gasteiger charge is -2.06. The number of rotatable bonds is 5. The molecule has 0 saturated heterocycles. The second kappa shape index (κ2) is 5.67. The Balaban J connectivity index is 2.65. The van der Waals surface area contributed by atoms with E-state index in [0.29, 0.717) is 6.61 Å². The number of aromatic nitrogens is 1. The molecule has 6 heteroatoms. The molecule has 15 heavy (non-hydrogen) atoms. The van der Waals surface area contributed by atoms with E-state index in [9.17, 15) is 4.39 Å². The molecule has 0 aliphatic carbocycles. The summed E-state index contributed by atoms with van der Waals surface area (Å²) in [5.74, 6) is -0.760. The van der Waals surface area contributed by atoms with Gasteiger partial charge < -0.3 is 14.8 Å². The molecule has 0 unspecified atom stereocenters. The lowest BCUT2D eigenvalue weighted by Crippen LogP contribution is -2.33. The zero-order valence-corrected chi connectivity index (χ0v) is 8.48. The van der Waals surface area contributed by atoms with Crippen molar-refractivity contribution in [2.24, 2.45) is 0 Å². The van der Waals surface area contributed by atoms with Gasteiger partial charge in [-0.3, -0.25) is 0 Å². The third-order valence-electron chi connectivity index (χ3n) is 1.88. The van der Waals surface area contributed by atoms with Gasteiger partial charge in [0, 0.05) is 11.5 Å². The molecular weight excluding hydrogens is 200 g/mol. The van der Waals surface area contributed by atoms with Gasteiger partial charge >= 0.3 is 7.12 Å². The van der Waals surface area contributed by atoms with Gasteiger partial charge in [0.2, 0.25) is 11.8 Å². The van der Waals surface area contributed by atoms with Crippen molar-refractivity contribution >= 4 is 12.6 Å². The Bertz CT molecular complexity index is 322. The highest BCUT2D eigenvalue weighted by Crippen LogP contribution is 2.06. The third-order valence-corrected chi connectivity index (χ3v) is 1.88. The molecule has 0 aromatic carbocycles. The molecule has 0 aliphatic rings. The van der Waals surface area contributed by atoms with Crippen LogP contribution in [0.2, 0.25) is 0 Å². The molecule has 1 rings (SSSR count). The summed E-state index contributed by atoms with van der Waals surface area (Å²) in [6.07, 6.45) is 1.85. The topological polar surface area (TPSA) is 62.6 Å². The Morgan fingerprint density at radius 1 is 1.47 bits per heavy atom. The fourth-order valence-electron chi connectivity index (χ4n) is 1.02. The van der Waals surface area contributed by atoms with Crippen molar-refractivity contribution in [3.05, 3.63) is 18.1 Å². The lowest BCUT2D eigenvalue weighted by atomic mass is 9.81. The van der Waals surface area contributed by atoms with E-state index in [-0.39, 0.29) is 11.3 Å². The first-order chi connectivity index (χ1) is 7.15. The second-order valence-electron chi connectivity index (χ2n) is 3.11. The number of halogens is 1. The normalized spacial score (nSPS) is 10.1. The Morgan fingerprint density at radius 2 is 2.20 bits per heavy atom. The summed E-state index contributed by atoms with van der Waals surface area (Å²) in [7, 11) is -1.85. The number of ether oxygens (including phenoxy) is 1. The molecule has 0 radical (unpaired) electrons. The third kappa shape index (κ3) is 3.49. The molecule has 4 nitrogen and oxygen atoms in total. The summed E-state index contributed by atoms with van der Waals surface area (Å²) in [4.78, 5) is 3.46. The minimum Gasteiger partial charge on any atom is -0.478 e. The van der Waals surface area contributed by atoms with E-state index in [1.165, 1.54) is 12.1 Å². The van der Waals surface area contributed by atoms with Crippen LogP contribution in [0.25, 0.3) is 0 Å². The first-order valence-corrected chi connectivity index (χ1v) is 4.80. The molecule has 0 fully saturated rings. The van der Waals surface area contributed by atoms with Crippen molar-refractivity contribution < 1.29 is 19.2 Å². The maximum Gasteiger partial charge on any atom is 0.493 e. The van der Waals surface area contributed by atoms with Gasteiger partial charge in [0.25, 0.3) is 0 Å². The first kappa shape index (κ1) is 11.9. The van der Waals surface area contributed by atoms with Crippen LogP contribution in [-0.2, 0) is 0 Å². The lowest BCUT2D eigenvalue weighted by molar-refractivity contribution is 0.293. The summed E-state index contributed by atoms with van der Waals surface area (Å²) in [6, 6.07) is 2.65. The molecule has 0 atom stereocenters. The molecule has 0 spiro atoms. The van der Waals surface area contributed by atoms with Crippen LogP contribution in [0.5, 0.6) is 5.88 Å². The molecule has 1 aromatic heterocycles. The van der Waals surface area contributed by atoms with Gasteiger partial charge in [-0.2, -0.15) is 9.37 Å². The molecule has 0 saturated carbocycles. The fourth-order valence-corrected chi connectivity index (χ4v) is 1.02. The van der Waals surface area contributed by atoms with Crippen molar-refractivity contribution in [2.45, 2.75) is 19.8 Å². The summed E-state index contributed by atoms with van der Waals surface area (Å²) < 4.78 is 18.2. The molecule has 0 bridgehead atoms. The molecular formula is C9H13BFNO3. The summed E-state index contributed by atoms with van der Waals surface area (Å²) in [6.45, 7) is 2.49. The number of hydrogen-bond acceptors (Lipinski definition) is 4. The Kier molecular flexibility index (Phi) is 4.52. The van der Waals surface area contributed by atoms with Crippen LogP contribution in [-0.4, -0.2) is 28.8 Å². The average Bonchev–Trinajstić information content (AvgIpc) is 2.17. The van der Waals surface area contributed by atoms with Crippen LogP contribution in [0.1, 0.15) is 19.8 Å². The van der Waals surface area contributed by atoms with Gasteiger partial charge in [0.05, 0.1) is 6.61 Å². The zero-order valence-electron chi connectivity index (χ0n) is 8.48. The van der Waals surface area contributed by atoms with E-state index in [1.54, 1.807) is 0 Å². The Hall–Kier alpha value is -1.14. The van der Waals surface area contributed by atoms with Gasteiger partial charge in [-0.15, -0.1) is 0 Å². The van der Waals surface area contributed by atoms with Crippen molar-refractivity contribution in [3.8, 4) is 5.88 Å². The molecule has 2 N–H and O–H groups in total. The van der Waals surface area contributed by atoms with E-state index in [1.807, 2.05) is 6.92 Å². The number of hydrogen-bond donors (Lipinski definition) is 2. The first-order valence-electron chi connectivity index (χ1n) is 4.80. The van der Waals surface area contributed by atoms with Crippen molar-refractivity contribution in [2.75, 3.05) is 6.61 Å². The Morgan fingerprint density at radius 3 is 2.73 bits per heavy atom. The minimum absolute atomic E-state index is 0.158. The number of unbranched alkanes of at least 4 members (excludes halogenated alkanes) is 1. The molecule has 0 aliphatic heterocycles. The number of nitrogens with zero attached hydrogens (tertiary/aromatic N) is 1. The maximum atomic E-state index is 13.1. The van der Waals surface area contributed by atoms with E-state index in [0.717, 1.165) is 12.8 Å². The summed E-state index contributed by atoms with van der Waals surface area (Å²) in [5, 5.41) is 17.5. The van der Waals surface area contributed by atoms with Crippen molar-refractivity contribution in [1.82, 2.24) is 4.98 Å². The van der Waals surface area contributed by atoms with E-state index >= 15 is 0 Å². The van der Waals surface area contributed by atoms with Gasteiger partial charge in [0.1, 0.15) is 0 Å². The summed E-state index contributed by atoms with van der Waals surface area (Å²) >= 11 is 0. The highest BCUT2D eigenvalue weighted by Gasteiger charge is 2.17. The van der Waals surface area contributed by atoms with Crippen LogP contribution in [0, 0.1) is 5.95 Å². The predicted molar refractivity (Wildman–Crippen MR) is 54.4 cm³/mol. The van der Waals surface area contributed by atoms with E-state index in [2.05, 4.69) is 4.98 Å². The largest absolute Gasteiger partial charge is 0.493 e. The highest BCUT2D eigenvalue weighted by atomic mass is 19.1. The quantitative estimate of drug-likeness (QED) is 0.413. The number of pyridine rings is 1. The van der Waals surface area contributed by atoms with Crippen molar-refractivity contribution in [3.63, 3.8) is 0 Å². The second-order valence-corrected chi connectivity index (χ2v) is 3.11. The van der Waals surface area contributed by atoms with Crippen LogP contribution < -0.4 is 10.2 Å².